The number of hydrogen-bond donors (Lipinski definition) is 0. The standard InChI is InChI=1S/C10H4Br2/c11-6-4-9-2-1-3-10(8-9)5-7-12/h1-3,8H. The van der Waals surface area contributed by atoms with E-state index >= 15 is 0 Å². The van der Waals surface area contributed by atoms with Crippen molar-refractivity contribution in [3.8, 4) is 21.5 Å². The molecule has 58 valence electrons. The Hall–Kier alpha value is -0.700. The first-order valence-corrected chi connectivity index (χ1v) is 4.79. The fourth-order valence-corrected chi connectivity index (χ4v) is 1.24. The van der Waals surface area contributed by atoms with Gasteiger partial charge in [0.2, 0.25) is 0 Å². The number of benzene rings is 1. The third-order valence-corrected chi connectivity index (χ3v) is 1.64. The number of hydrogen-bond acceptors (Lipinski definition) is 0. The quantitative estimate of drug-likeness (QED) is 0.642. The molecule has 0 saturated heterocycles. The average molecular weight is 284 g/mol. The Kier molecular flexibility index (Phi) is 3.94. The fourth-order valence-electron chi connectivity index (χ4n) is 0.784. The second-order valence-corrected chi connectivity index (χ2v) is 2.81. The normalized spacial score (nSPS) is 7.50. The van der Waals surface area contributed by atoms with Crippen LogP contribution in [0.4, 0.5) is 0 Å². The third kappa shape index (κ3) is 2.74. The molecular weight excluding hydrogens is 280 g/mol. The molecule has 0 atom stereocenters. The molecule has 0 spiro atoms. The van der Waals surface area contributed by atoms with E-state index in [2.05, 4.69) is 53.4 Å². The molecule has 0 aliphatic heterocycles. The second kappa shape index (κ2) is 5.04. The molecule has 0 aliphatic carbocycles. The van der Waals surface area contributed by atoms with Gasteiger partial charge in [-0.2, -0.15) is 0 Å². The topological polar surface area (TPSA) is 0 Å². The zero-order valence-corrected chi connectivity index (χ0v) is 9.24. The van der Waals surface area contributed by atoms with Crippen LogP contribution in [-0.4, -0.2) is 0 Å². The molecule has 0 N–H and O–H groups in total. The first kappa shape index (κ1) is 9.39. The van der Waals surface area contributed by atoms with Crippen molar-refractivity contribution >= 4 is 31.9 Å². The van der Waals surface area contributed by atoms with E-state index < -0.39 is 0 Å². The van der Waals surface area contributed by atoms with E-state index in [1.807, 2.05) is 24.3 Å². The number of halogens is 2. The number of rotatable bonds is 0. The second-order valence-electron chi connectivity index (χ2n) is 2.02. The van der Waals surface area contributed by atoms with Gasteiger partial charge in [0.25, 0.3) is 0 Å². The highest BCUT2D eigenvalue weighted by atomic mass is 79.9. The minimum atomic E-state index is 0.958. The van der Waals surface area contributed by atoms with Gasteiger partial charge in [-0.1, -0.05) is 17.9 Å². The van der Waals surface area contributed by atoms with E-state index in [-0.39, 0.29) is 0 Å². The summed E-state index contributed by atoms with van der Waals surface area (Å²) >= 11 is 6.09. The molecule has 2 heteroatoms. The summed E-state index contributed by atoms with van der Waals surface area (Å²) in [4.78, 5) is 5.31. The molecule has 0 aliphatic rings. The molecule has 0 radical (unpaired) electrons. The van der Waals surface area contributed by atoms with Crippen molar-refractivity contribution in [1.82, 2.24) is 0 Å². The van der Waals surface area contributed by atoms with E-state index in [1.165, 1.54) is 0 Å². The molecular formula is C10H4Br2. The summed E-state index contributed by atoms with van der Waals surface area (Å²) < 4.78 is 0. The minimum Gasteiger partial charge on any atom is -0.0598 e. The SMILES string of the molecule is BrC#Cc1cccc(C#CBr)c1. The highest BCUT2D eigenvalue weighted by molar-refractivity contribution is 9.12. The molecule has 1 aromatic rings. The van der Waals surface area contributed by atoms with Crippen molar-refractivity contribution in [3.05, 3.63) is 35.4 Å². The Bertz CT molecular complexity index is 350. The van der Waals surface area contributed by atoms with E-state index in [4.69, 9.17) is 0 Å². The summed E-state index contributed by atoms with van der Waals surface area (Å²) in [6, 6.07) is 7.74. The van der Waals surface area contributed by atoms with Crippen LogP contribution in [0.15, 0.2) is 24.3 Å². The molecule has 12 heavy (non-hydrogen) atoms. The third-order valence-electron chi connectivity index (χ3n) is 1.25. The first-order chi connectivity index (χ1) is 5.86. The van der Waals surface area contributed by atoms with Crippen molar-refractivity contribution < 1.29 is 0 Å². The molecule has 0 saturated carbocycles. The van der Waals surface area contributed by atoms with Gasteiger partial charge in [-0.3, -0.25) is 0 Å². The van der Waals surface area contributed by atoms with Gasteiger partial charge in [0.15, 0.2) is 0 Å². The van der Waals surface area contributed by atoms with Crippen LogP contribution in [-0.2, 0) is 0 Å². The maximum Gasteiger partial charge on any atom is 0.0266 e. The molecule has 0 heterocycles. The van der Waals surface area contributed by atoms with Crippen LogP contribution in [0, 0.1) is 21.5 Å². The monoisotopic (exact) mass is 282 g/mol. The molecule has 0 aromatic heterocycles. The lowest BCUT2D eigenvalue weighted by molar-refractivity contribution is 1.60. The summed E-state index contributed by atoms with van der Waals surface area (Å²) in [7, 11) is 0. The smallest absolute Gasteiger partial charge is 0.0266 e. The lowest BCUT2D eigenvalue weighted by Gasteiger charge is -1.90. The largest absolute Gasteiger partial charge is 0.0598 e. The summed E-state index contributed by atoms with van der Waals surface area (Å²) in [5.74, 6) is 5.78. The van der Waals surface area contributed by atoms with E-state index in [0.717, 1.165) is 11.1 Å². The van der Waals surface area contributed by atoms with Crippen LogP contribution in [0.1, 0.15) is 11.1 Å². The van der Waals surface area contributed by atoms with Crippen molar-refractivity contribution in [2.75, 3.05) is 0 Å². The predicted molar refractivity (Wildman–Crippen MR) is 58.1 cm³/mol. The van der Waals surface area contributed by atoms with Gasteiger partial charge in [-0.15, -0.1) is 0 Å². The highest BCUT2D eigenvalue weighted by Crippen LogP contribution is 2.02. The fraction of sp³-hybridized carbons (Fsp3) is 0. The average Bonchev–Trinajstić information content (AvgIpc) is 2.06. The Morgan fingerprint density at radius 3 is 1.83 bits per heavy atom. The Morgan fingerprint density at radius 2 is 1.42 bits per heavy atom. The Labute approximate surface area is 88.6 Å². The zero-order chi connectivity index (χ0) is 8.81. The van der Waals surface area contributed by atoms with Crippen molar-refractivity contribution in [3.63, 3.8) is 0 Å². The summed E-state index contributed by atoms with van der Waals surface area (Å²) in [6.45, 7) is 0. The van der Waals surface area contributed by atoms with Crippen LogP contribution in [0.2, 0.25) is 0 Å². The van der Waals surface area contributed by atoms with Crippen molar-refractivity contribution in [1.29, 1.82) is 0 Å². The highest BCUT2D eigenvalue weighted by Gasteiger charge is 1.88. The first-order valence-electron chi connectivity index (χ1n) is 3.20. The zero-order valence-electron chi connectivity index (χ0n) is 6.07. The summed E-state index contributed by atoms with van der Waals surface area (Å²) in [5, 5.41) is 0. The molecule has 0 unspecified atom stereocenters. The van der Waals surface area contributed by atoms with Crippen LogP contribution < -0.4 is 0 Å². The van der Waals surface area contributed by atoms with Gasteiger partial charge >= 0.3 is 0 Å². The van der Waals surface area contributed by atoms with Crippen LogP contribution in [0.5, 0.6) is 0 Å². The van der Waals surface area contributed by atoms with Gasteiger partial charge in [-0.05, 0) is 27.9 Å². The Morgan fingerprint density at radius 1 is 0.917 bits per heavy atom. The lowest BCUT2D eigenvalue weighted by atomic mass is 10.1. The van der Waals surface area contributed by atoms with E-state index in [0.29, 0.717) is 0 Å². The molecule has 0 bridgehead atoms. The van der Waals surface area contributed by atoms with Gasteiger partial charge in [0.05, 0.1) is 0 Å². The van der Waals surface area contributed by atoms with E-state index in [1.54, 1.807) is 0 Å². The maximum atomic E-state index is 3.04. The summed E-state index contributed by atoms with van der Waals surface area (Å²) in [5.41, 5.74) is 1.92. The van der Waals surface area contributed by atoms with Crippen LogP contribution in [0.3, 0.4) is 0 Å². The van der Waals surface area contributed by atoms with Crippen LogP contribution in [0.25, 0.3) is 0 Å². The molecule has 1 aromatic carbocycles. The summed E-state index contributed by atoms with van der Waals surface area (Å²) in [6.07, 6.45) is 0. The molecule has 0 fully saturated rings. The van der Waals surface area contributed by atoms with Crippen molar-refractivity contribution in [2.45, 2.75) is 0 Å². The maximum absolute atomic E-state index is 3.04. The van der Waals surface area contributed by atoms with E-state index in [9.17, 15) is 0 Å². The molecule has 0 nitrogen and oxygen atoms in total. The van der Waals surface area contributed by atoms with Gasteiger partial charge < -0.3 is 0 Å². The minimum absolute atomic E-state index is 0.958. The van der Waals surface area contributed by atoms with Crippen molar-refractivity contribution in [2.24, 2.45) is 0 Å². The van der Waals surface area contributed by atoms with Gasteiger partial charge in [0, 0.05) is 43.0 Å². The Balaban J connectivity index is 3.06. The lowest BCUT2D eigenvalue weighted by Crippen LogP contribution is -1.76. The van der Waals surface area contributed by atoms with Crippen LogP contribution >= 0.6 is 31.9 Å². The molecule has 1 rings (SSSR count). The predicted octanol–water partition coefficient (Wildman–Crippen LogP) is 3.09. The van der Waals surface area contributed by atoms with Gasteiger partial charge in [0.1, 0.15) is 0 Å². The van der Waals surface area contributed by atoms with Gasteiger partial charge in [-0.25, -0.2) is 0 Å². The molecule has 0 amide bonds.